The Kier molecular flexibility index (Phi) is 3.43. The summed E-state index contributed by atoms with van der Waals surface area (Å²) >= 11 is 5.80. The lowest BCUT2D eigenvalue weighted by molar-refractivity contribution is 0.327. The van der Waals surface area contributed by atoms with Crippen LogP contribution in [0.25, 0.3) is 0 Å². The molecule has 0 saturated heterocycles. The van der Waals surface area contributed by atoms with Crippen LogP contribution < -0.4 is 4.74 Å². The van der Waals surface area contributed by atoms with Crippen LogP contribution in [0.1, 0.15) is 6.42 Å². The maximum atomic E-state index is 8.25. The van der Waals surface area contributed by atoms with Gasteiger partial charge < -0.3 is 4.74 Å². The Morgan fingerprint density at radius 1 is 1.42 bits per heavy atom. The minimum Gasteiger partial charge on any atom is -0.491 e. The molecule has 1 aromatic rings. The number of benzene rings is 1. The fraction of sp³-hybridized carbons (Fsp3) is 0.222. The van der Waals surface area contributed by atoms with E-state index in [9.17, 15) is 0 Å². The van der Waals surface area contributed by atoms with Crippen molar-refractivity contribution in [2.45, 2.75) is 6.42 Å². The summed E-state index contributed by atoms with van der Waals surface area (Å²) in [4.78, 5) is 0. The molecule has 0 atom stereocenters. The van der Waals surface area contributed by atoms with Crippen molar-refractivity contribution in [3.63, 3.8) is 0 Å². The number of para-hydroxylation sites is 1. The van der Waals surface area contributed by atoms with Crippen molar-refractivity contribution in [1.29, 1.82) is 5.26 Å². The topological polar surface area (TPSA) is 33.0 Å². The Bertz CT molecular complexity index is 293. The predicted octanol–water partition coefficient (Wildman–Crippen LogP) is 2.63. The fourth-order valence-corrected chi connectivity index (χ4v) is 0.959. The van der Waals surface area contributed by atoms with E-state index in [4.69, 9.17) is 21.6 Å². The first-order chi connectivity index (χ1) is 5.84. The summed E-state index contributed by atoms with van der Waals surface area (Å²) in [5.41, 5.74) is 0. The molecule has 1 rings (SSSR count). The monoisotopic (exact) mass is 181 g/mol. The third kappa shape index (κ3) is 2.44. The molecule has 0 aliphatic carbocycles. The number of rotatable bonds is 3. The second-order valence-electron chi connectivity index (χ2n) is 2.19. The molecule has 0 amide bonds. The van der Waals surface area contributed by atoms with Gasteiger partial charge in [-0.15, -0.1) is 0 Å². The predicted molar refractivity (Wildman–Crippen MR) is 47.2 cm³/mol. The molecule has 0 aromatic heterocycles. The summed E-state index contributed by atoms with van der Waals surface area (Å²) in [6.07, 6.45) is 0.380. The zero-order valence-electron chi connectivity index (χ0n) is 6.46. The van der Waals surface area contributed by atoms with E-state index in [-0.39, 0.29) is 0 Å². The molecule has 0 spiro atoms. The van der Waals surface area contributed by atoms with E-state index in [1.54, 1.807) is 12.1 Å². The number of halogens is 1. The van der Waals surface area contributed by atoms with Crippen LogP contribution in [-0.4, -0.2) is 6.61 Å². The summed E-state index contributed by atoms with van der Waals surface area (Å²) in [5.74, 6) is 0.634. The molecule has 3 heteroatoms. The number of ether oxygens (including phenoxy) is 1. The molecule has 0 aliphatic rings. The number of nitrogens with zero attached hydrogens (tertiary/aromatic N) is 1. The molecule has 0 saturated carbocycles. The maximum Gasteiger partial charge on any atom is 0.137 e. The molecule has 2 nitrogen and oxygen atoms in total. The SMILES string of the molecule is N#CCCOc1ccccc1Cl. The number of nitriles is 1. The lowest BCUT2D eigenvalue weighted by Crippen LogP contribution is -1.95. The highest BCUT2D eigenvalue weighted by molar-refractivity contribution is 6.32. The summed E-state index contributed by atoms with van der Waals surface area (Å²) in [6, 6.07) is 9.19. The second kappa shape index (κ2) is 4.63. The average Bonchev–Trinajstić information content (AvgIpc) is 2.09. The summed E-state index contributed by atoms with van der Waals surface area (Å²) in [6.45, 7) is 0.389. The number of hydrogen-bond acceptors (Lipinski definition) is 2. The summed E-state index contributed by atoms with van der Waals surface area (Å²) in [7, 11) is 0. The highest BCUT2D eigenvalue weighted by Gasteiger charge is 1.97. The van der Waals surface area contributed by atoms with Crippen molar-refractivity contribution in [3.05, 3.63) is 29.3 Å². The Balaban J connectivity index is 2.53. The quantitative estimate of drug-likeness (QED) is 0.672. The molecule has 0 bridgehead atoms. The van der Waals surface area contributed by atoms with Crippen molar-refractivity contribution in [3.8, 4) is 11.8 Å². The van der Waals surface area contributed by atoms with Gasteiger partial charge in [0, 0.05) is 0 Å². The Morgan fingerprint density at radius 2 is 2.17 bits per heavy atom. The average molecular weight is 182 g/mol. The van der Waals surface area contributed by atoms with Crippen LogP contribution >= 0.6 is 11.6 Å². The van der Waals surface area contributed by atoms with Gasteiger partial charge in [0.1, 0.15) is 12.4 Å². The van der Waals surface area contributed by atoms with Gasteiger partial charge in [-0.05, 0) is 12.1 Å². The highest BCUT2D eigenvalue weighted by atomic mass is 35.5. The Labute approximate surface area is 76.3 Å². The van der Waals surface area contributed by atoms with E-state index in [1.807, 2.05) is 18.2 Å². The van der Waals surface area contributed by atoms with Crippen molar-refractivity contribution in [1.82, 2.24) is 0 Å². The molecule has 0 fully saturated rings. The van der Waals surface area contributed by atoms with Gasteiger partial charge in [0.15, 0.2) is 0 Å². The minimum atomic E-state index is 0.380. The fourth-order valence-electron chi connectivity index (χ4n) is 0.768. The van der Waals surface area contributed by atoms with E-state index in [0.717, 1.165) is 0 Å². The van der Waals surface area contributed by atoms with E-state index < -0.39 is 0 Å². The van der Waals surface area contributed by atoms with Crippen LogP contribution in [0.3, 0.4) is 0 Å². The van der Waals surface area contributed by atoms with Crippen LogP contribution in [0.5, 0.6) is 5.75 Å². The van der Waals surface area contributed by atoms with Gasteiger partial charge in [0.2, 0.25) is 0 Å². The lowest BCUT2D eigenvalue weighted by Gasteiger charge is -2.04. The third-order valence-electron chi connectivity index (χ3n) is 1.31. The first-order valence-electron chi connectivity index (χ1n) is 3.59. The molecule has 0 unspecified atom stereocenters. The maximum absolute atomic E-state index is 8.25. The molecule has 0 N–H and O–H groups in total. The smallest absolute Gasteiger partial charge is 0.137 e. The van der Waals surface area contributed by atoms with Gasteiger partial charge in [-0.2, -0.15) is 5.26 Å². The van der Waals surface area contributed by atoms with Crippen molar-refractivity contribution in [2.24, 2.45) is 0 Å². The number of hydrogen-bond donors (Lipinski definition) is 0. The van der Waals surface area contributed by atoms with Crippen molar-refractivity contribution >= 4 is 11.6 Å². The van der Waals surface area contributed by atoms with Crippen LogP contribution in [0.2, 0.25) is 5.02 Å². The minimum absolute atomic E-state index is 0.380. The van der Waals surface area contributed by atoms with E-state index >= 15 is 0 Å². The molecule has 1 aromatic carbocycles. The highest BCUT2D eigenvalue weighted by Crippen LogP contribution is 2.22. The summed E-state index contributed by atoms with van der Waals surface area (Å²) in [5, 5.41) is 8.83. The first kappa shape index (κ1) is 8.89. The van der Waals surface area contributed by atoms with Crippen molar-refractivity contribution in [2.75, 3.05) is 6.61 Å². The van der Waals surface area contributed by atoms with Crippen LogP contribution in [0, 0.1) is 11.3 Å². The van der Waals surface area contributed by atoms with E-state index in [2.05, 4.69) is 0 Å². The zero-order valence-corrected chi connectivity index (χ0v) is 7.21. The normalized spacial score (nSPS) is 9.00. The van der Waals surface area contributed by atoms with Crippen LogP contribution in [-0.2, 0) is 0 Å². The molecule has 62 valence electrons. The molecule has 12 heavy (non-hydrogen) atoms. The van der Waals surface area contributed by atoms with Gasteiger partial charge in [-0.1, -0.05) is 23.7 Å². The molecular weight excluding hydrogens is 174 g/mol. The third-order valence-corrected chi connectivity index (χ3v) is 1.62. The Morgan fingerprint density at radius 3 is 2.83 bits per heavy atom. The van der Waals surface area contributed by atoms with Crippen molar-refractivity contribution < 1.29 is 4.74 Å². The van der Waals surface area contributed by atoms with Gasteiger partial charge in [-0.3, -0.25) is 0 Å². The molecule has 0 aliphatic heterocycles. The molecule has 0 heterocycles. The van der Waals surface area contributed by atoms with Gasteiger partial charge in [-0.25, -0.2) is 0 Å². The second-order valence-corrected chi connectivity index (χ2v) is 2.59. The van der Waals surface area contributed by atoms with Gasteiger partial charge >= 0.3 is 0 Å². The van der Waals surface area contributed by atoms with E-state index in [0.29, 0.717) is 23.8 Å². The molecular formula is C9H8ClNO. The Hall–Kier alpha value is -1.20. The zero-order chi connectivity index (χ0) is 8.81. The van der Waals surface area contributed by atoms with Crippen LogP contribution in [0.15, 0.2) is 24.3 Å². The first-order valence-corrected chi connectivity index (χ1v) is 3.96. The van der Waals surface area contributed by atoms with Gasteiger partial charge in [0.05, 0.1) is 17.5 Å². The lowest BCUT2D eigenvalue weighted by atomic mass is 10.3. The largest absolute Gasteiger partial charge is 0.491 e. The van der Waals surface area contributed by atoms with Crippen LogP contribution in [0.4, 0.5) is 0 Å². The summed E-state index contributed by atoms with van der Waals surface area (Å²) < 4.78 is 5.22. The molecule has 0 radical (unpaired) electrons. The van der Waals surface area contributed by atoms with E-state index in [1.165, 1.54) is 0 Å². The van der Waals surface area contributed by atoms with Gasteiger partial charge in [0.25, 0.3) is 0 Å². The standard InChI is InChI=1S/C9H8ClNO/c10-8-4-1-2-5-9(8)12-7-3-6-11/h1-2,4-5H,3,7H2.